The molecule has 0 bridgehead atoms. The lowest BCUT2D eigenvalue weighted by Crippen LogP contribution is -2.23. The first-order valence-corrected chi connectivity index (χ1v) is 5.36. The number of nitrogens with zero attached hydrogens (tertiary/aromatic N) is 2. The molecule has 15 heavy (non-hydrogen) atoms. The van der Waals surface area contributed by atoms with Crippen LogP contribution < -0.4 is 0 Å². The highest BCUT2D eigenvalue weighted by Gasteiger charge is 2.25. The third-order valence-electron chi connectivity index (χ3n) is 2.50. The molecular formula is C12H18N2O. The van der Waals surface area contributed by atoms with Gasteiger partial charge in [0.2, 0.25) is 0 Å². The fraction of sp³-hybridized carbons (Fsp3) is 0.667. The minimum Gasteiger partial charge on any atom is -0.376 e. The summed E-state index contributed by atoms with van der Waals surface area (Å²) < 4.78 is 0. The van der Waals surface area contributed by atoms with Gasteiger partial charge in [-0.05, 0) is 12.8 Å². The van der Waals surface area contributed by atoms with Crippen molar-refractivity contribution in [2.24, 2.45) is 5.41 Å². The molecule has 0 amide bonds. The Morgan fingerprint density at radius 2 is 1.87 bits per heavy atom. The number of carbonyl (C=O) groups excluding carboxylic acids is 1. The van der Waals surface area contributed by atoms with E-state index >= 15 is 0 Å². The van der Waals surface area contributed by atoms with E-state index in [0.29, 0.717) is 0 Å². The maximum atomic E-state index is 11.9. The number of hydrogen-bond donors (Lipinski definition) is 0. The predicted octanol–water partition coefficient (Wildman–Crippen LogP) is 2.10. The lowest BCUT2D eigenvalue weighted by molar-refractivity contribution is -0.122. The minimum absolute atomic E-state index is 0.0723. The molecule has 0 aliphatic carbocycles. The maximum absolute atomic E-state index is 11.9. The SMILES string of the molecule is CC(C)(C)C(=O)C(C#N)=CN1CCCC1. The van der Waals surface area contributed by atoms with Gasteiger partial charge in [-0.3, -0.25) is 4.79 Å². The van der Waals surface area contributed by atoms with Gasteiger partial charge in [0.05, 0.1) is 0 Å². The van der Waals surface area contributed by atoms with E-state index in [2.05, 4.69) is 4.90 Å². The zero-order chi connectivity index (χ0) is 11.5. The van der Waals surface area contributed by atoms with Crippen molar-refractivity contribution in [3.05, 3.63) is 11.8 Å². The molecule has 1 rings (SSSR count). The number of rotatable bonds is 2. The Morgan fingerprint density at radius 3 is 2.27 bits per heavy atom. The summed E-state index contributed by atoms with van der Waals surface area (Å²) in [6.07, 6.45) is 4.03. The average molecular weight is 206 g/mol. The van der Waals surface area contributed by atoms with Gasteiger partial charge in [-0.1, -0.05) is 20.8 Å². The lowest BCUT2D eigenvalue weighted by atomic mass is 9.87. The standard InChI is InChI=1S/C12H18N2O/c1-12(2,3)11(15)10(8-13)9-14-6-4-5-7-14/h9H,4-7H2,1-3H3. The molecule has 0 aromatic heterocycles. The summed E-state index contributed by atoms with van der Waals surface area (Å²) in [4.78, 5) is 13.9. The summed E-state index contributed by atoms with van der Waals surface area (Å²) in [7, 11) is 0. The number of allylic oxidation sites excluding steroid dienone is 1. The zero-order valence-corrected chi connectivity index (χ0v) is 9.71. The van der Waals surface area contributed by atoms with Crippen LogP contribution in [0.5, 0.6) is 0 Å². The van der Waals surface area contributed by atoms with Crippen molar-refractivity contribution >= 4 is 5.78 Å². The quantitative estimate of drug-likeness (QED) is 0.513. The number of nitriles is 1. The monoisotopic (exact) mass is 206 g/mol. The van der Waals surface area contributed by atoms with Crippen LogP contribution in [0.4, 0.5) is 0 Å². The lowest BCUT2D eigenvalue weighted by Gasteiger charge is -2.17. The first kappa shape index (κ1) is 11.8. The molecule has 1 aliphatic heterocycles. The third-order valence-corrected chi connectivity index (χ3v) is 2.50. The molecule has 0 saturated carbocycles. The van der Waals surface area contributed by atoms with Crippen molar-refractivity contribution in [2.45, 2.75) is 33.6 Å². The van der Waals surface area contributed by atoms with Crippen molar-refractivity contribution in [3.63, 3.8) is 0 Å². The molecule has 3 nitrogen and oxygen atoms in total. The van der Waals surface area contributed by atoms with E-state index < -0.39 is 5.41 Å². The van der Waals surface area contributed by atoms with E-state index in [1.807, 2.05) is 26.8 Å². The molecule has 0 spiro atoms. The van der Waals surface area contributed by atoms with E-state index in [-0.39, 0.29) is 11.4 Å². The first-order valence-electron chi connectivity index (χ1n) is 5.36. The molecule has 3 heteroatoms. The van der Waals surface area contributed by atoms with Crippen LogP contribution in [-0.4, -0.2) is 23.8 Å². The Balaban J connectivity index is 2.80. The summed E-state index contributed by atoms with van der Waals surface area (Å²) in [6, 6.07) is 2.01. The molecule has 0 N–H and O–H groups in total. The molecule has 82 valence electrons. The normalized spacial score (nSPS) is 17.7. The van der Waals surface area contributed by atoms with E-state index in [4.69, 9.17) is 5.26 Å². The van der Waals surface area contributed by atoms with Gasteiger partial charge >= 0.3 is 0 Å². The van der Waals surface area contributed by atoms with Gasteiger partial charge in [0, 0.05) is 24.7 Å². The van der Waals surface area contributed by atoms with Gasteiger partial charge in [0.15, 0.2) is 5.78 Å². The highest BCUT2D eigenvalue weighted by atomic mass is 16.1. The predicted molar refractivity (Wildman–Crippen MR) is 59.0 cm³/mol. The van der Waals surface area contributed by atoms with Crippen LogP contribution in [0.3, 0.4) is 0 Å². The second kappa shape index (κ2) is 4.48. The smallest absolute Gasteiger partial charge is 0.180 e. The van der Waals surface area contributed by atoms with Crippen LogP contribution in [0.2, 0.25) is 0 Å². The van der Waals surface area contributed by atoms with Gasteiger partial charge in [-0.25, -0.2) is 0 Å². The average Bonchev–Trinajstić information content (AvgIpc) is 2.64. The van der Waals surface area contributed by atoms with Crippen molar-refractivity contribution in [1.29, 1.82) is 5.26 Å². The first-order chi connectivity index (χ1) is 6.95. The maximum Gasteiger partial charge on any atom is 0.180 e. The van der Waals surface area contributed by atoms with Gasteiger partial charge in [0.25, 0.3) is 0 Å². The Bertz CT molecular complexity index is 311. The molecule has 0 radical (unpaired) electrons. The molecular weight excluding hydrogens is 188 g/mol. The Kier molecular flexibility index (Phi) is 3.52. The van der Waals surface area contributed by atoms with Gasteiger partial charge in [0.1, 0.15) is 11.6 Å². The molecule has 1 aliphatic rings. The van der Waals surface area contributed by atoms with Gasteiger partial charge in [-0.15, -0.1) is 0 Å². The van der Waals surface area contributed by atoms with E-state index in [9.17, 15) is 4.79 Å². The molecule has 0 atom stereocenters. The Hall–Kier alpha value is -1.30. The topological polar surface area (TPSA) is 44.1 Å². The summed E-state index contributed by atoms with van der Waals surface area (Å²) in [5, 5.41) is 8.95. The van der Waals surface area contributed by atoms with Crippen LogP contribution in [0.15, 0.2) is 11.8 Å². The summed E-state index contributed by atoms with van der Waals surface area (Å²) >= 11 is 0. The van der Waals surface area contributed by atoms with Gasteiger partial charge in [-0.2, -0.15) is 5.26 Å². The van der Waals surface area contributed by atoms with Crippen molar-refractivity contribution in [2.75, 3.05) is 13.1 Å². The van der Waals surface area contributed by atoms with Crippen molar-refractivity contribution in [3.8, 4) is 6.07 Å². The molecule has 1 saturated heterocycles. The summed E-state index contributed by atoms with van der Waals surface area (Å²) in [5.41, 5.74) is -0.189. The number of carbonyl (C=O) groups is 1. The van der Waals surface area contributed by atoms with E-state index in [0.717, 1.165) is 25.9 Å². The highest BCUT2D eigenvalue weighted by Crippen LogP contribution is 2.20. The second-order valence-corrected chi connectivity index (χ2v) is 4.98. The number of ketones is 1. The van der Waals surface area contributed by atoms with Crippen LogP contribution in [-0.2, 0) is 4.79 Å². The van der Waals surface area contributed by atoms with Crippen LogP contribution in [0.25, 0.3) is 0 Å². The largest absolute Gasteiger partial charge is 0.376 e. The number of Topliss-reactive ketones (excluding diaryl/α,β-unsaturated/α-hetero) is 1. The fourth-order valence-corrected chi connectivity index (χ4v) is 1.60. The van der Waals surface area contributed by atoms with Crippen LogP contribution in [0.1, 0.15) is 33.6 Å². The third kappa shape index (κ3) is 3.09. The summed E-state index contributed by atoms with van der Waals surface area (Å²) in [6.45, 7) is 7.44. The van der Waals surface area contributed by atoms with Crippen LogP contribution >= 0.6 is 0 Å². The van der Waals surface area contributed by atoms with E-state index in [1.54, 1.807) is 6.20 Å². The Morgan fingerprint density at radius 1 is 1.33 bits per heavy atom. The zero-order valence-electron chi connectivity index (χ0n) is 9.71. The fourth-order valence-electron chi connectivity index (χ4n) is 1.60. The molecule has 1 fully saturated rings. The minimum atomic E-state index is -0.471. The molecule has 0 aromatic carbocycles. The molecule has 0 aromatic rings. The second-order valence-electron chi connectivity index (χ2n) is 4.98. The van der Waals surface area contributed by atoms with Crippen molar-refractivity contribution in [1.82, 2.24) is 4.90 Å². The highest BCUT2D eigenvalue weighted by molar-refractivity contribution is 6.02. The molecule has 0 unspecified atom stereocenters. The number of hydrogen-bond acceptors (Lipinski definition) is 3. The van der Waals surface area contributed by atoms with Crippen molar-refractivity contribution < 1.29 is 4.79 Å². The van der Waals surface area contributed by atoms with E-state index in [1.165, 1.54) is 0 Å². The van der Waals surface area contributed by atoms with Crippen LogP contribution in [0, 0.1) is 16.7 Å². The summed E-state index contributed by atoms with van der Waals surface area (Å²) in [5.74, 6) is -0.0723. The van der Waals surface area contributed by atoms with Gasteiger partial charge < -0.3 is 4.90 Å². The Labute approximate surface area is 91.4 Å². The number of likely N-dealkylation sites (tertiary alicyclic amines) is 1. The molecule has 1 heterocycles.